The summed E-state index contributed by atoms with van der Waals surface area (Å²) < 4.78 is 10.9. The lowest BCUT2D eigenvalue weighted by atomic mass is 10.2. The van der Waals surface area contributed by atoms with E-state index < -0.39 is 0 Å². The molecule has 0 fully saturated rings. The maximum absolute atomic E-state index is 5.43. The zero-order valence-electron chi connectivity index (χ0n) is 13.1. The fraction of sp³-hybridized carbons (Fsp3) is 0. The molecule has 0 unspecified atom stereocenters. The van der Waals surface area contributed by atoms with Crippen LogP contribution in [0.5, 0.6) is 11.5 Å². The highest BCUT2D eigenvalue weighted by molar-refractivity contribution is 5.37. The smallest absolute Gasteiger partial charge is 0.126 e. The molecule has 0 saturated carbocycles. The fourth-order valence-electron chi connectivity index (χ4n) is 1.71. The Bertz CT molecular complexity index is 737. The zero-order valence-corrected chi connectivity index (χ0v) is 13.1. The highest BCUT2D eigenvalue weighted by Crippen LogP contribution is 2.12. The average Bonchev–Trinajstić information content (AvgIpc) is 2.65. The summed E-state index contributed by atoms with van der Waals surface area (Å²) in [7, 11) is 0. The van der Waals surface area contributed by atoms with E-state index in [9.17, 15) is 0 Å². The third-order valence-corrected chi connectivity index (χ3v) is 2.94. The minimum Gasteiger partial charge on any atom is -0.465 e. The Morgan fingerprint density at radius 2 is 0.958 bits per heavy atom. The topological polar surface area (TPSA) is 18.5 Å². The fourth-order valence-corrected chi connectivity index (χ4v) is 1.71. The molecule has 2 aromatic rings. The van der Waals surface area contributed by atoms with Gasteiger partial charge in [-0.3, -0.25) is 0 Å². The standard InChI is InChI=1S/C22H16O2/c1-3-19-9-13-21(14-10-19)23-17-7-5-6-8-18-24-22-15-11-20(4-2)12-16-22/h1-2,5-18H/b6-5+,17-7-,18-8-. The van der Waals surface area contributed by atoms with Gasteiger partial charge in [-0.15, -0.1) is 12.8 Å². The summed E-state index contributed by atoms with van der Waals surface area (Å²) in [5, 5.41) is 0. The average molecular weight is 312 g/mol. The molecule has 0 aromatic heterocycles. The van der Waals surface area contributed by atoms with Crippen molar-refractivity contribution in [2.75, 3.05) is 0 Å². The van der Waals surface area contributed by atoms with Crippen LogP contribution in [0.1, 0.15) is 11.1 Å². The van der Waals surface area contributed by atoms with Crippen LogP contribution in [0, 0.1) is 24.7 Å². The van der Waals surface area contributed by atoms with Crippen molar-refractivity contribution in [2.24, 2.45) is 0 Å². The van der Waals surface area contributed by atoms with Crippen LogP contribution in [0.25, 0.3) is 0 Å². The molecular weight excluding hydrogens is 296 g/mol. The number of hydrogen-bond acceptors (Lipinski definition) is 2. The Morgan fingerprint density at radius 1 is 0.583 bits per heavy atom. The number of allylic oxidation sites excluding steroid dienone is 4. The first-order valence-corrected chi connectivity index (χ1v) is 7.27. The van der Waals surface area contributed by atoms with Crippen LogP contribution in [0.2, 0.25) is 0 Å². The Morgan fingerprint density at radius 3 is 1.29 bits per heavy atom. The van der Waals surface area contributed by atoms with E-state index in [2.05, 4.69) is 11.8 Å². The Kier molecular flexibility index (Phi) is 6.56. The largest absolute Gasteiger partial charge is 0.465 e. The molecule has 0 aliphatic heterocycles. The lowest BCUT2D eigenvalue weighted by Gasteiger charge is -1.99. The predicted molar refractivity (Wildman–Crippen MR) is 97.4 cm³/mol. The molecular formula is C22H16O2. The second-order valence-electron chi connectivity index (χ2n) is 4.62. The van der Waals surface area contributed by atoms with E-state index in [4.69, 9.17) is 22.3 Å². The summed E-state index contributed by atoms with van der Waals surface area (Å²) in [4.78, 5) is 0. The number of hydrogen-bond donors (Lipinski definition) is 0. The van der Waals surface area contributed by atoms with Crippen molar-refractivity contribution in [1.82, 2.24) is 0 Å². The van der Waals surface area contributed by atoms with Gasteiger partial charge in [-0.2, -0.15) is 0 Å². The Labute approximate surface area is 142 Å². The van der Waals surface area contributed by atoms with Crippen molar-refractivity contribution in [3.63, 3.8) is 0 Å². The second-order valence-corrected chi connectivity index (χ2v) is 4.62. The zero-order chi connectivity index (χ0) is 17.0. The van der Waals surface area contributed by atoms with Crippen LogP contribution in [0.3, 0.4) is 0 Å². The lowest BCUT2D eigenvalue weighted by Crippen LogP contribution is -1.82. The van der Waals surface area contributed by atoms with Crippen molar-refractivity contribution in [1.29, 1.82) is 0 Å². The van der Waals surface area contributed by atoms with Gasteiger partial charge in [-0.1, -0.05) is 24.0 Å². The highest BCUT2D eigenvalue weighted by Gasteiger charge is 1.90. The van der Waals surface area contributed by atoms with E-state index in [1.54, 1.807) is 24.7 Å². The first-order valence-electron chi connectivity index (χ1n) is 7.27. The van der Waals surface area contributed by atoms with Gasteiger partial charge in [0, 0.05) is 11.1 Å². The highest BCUT2D eigenvalue weighted by atomic mass is 16.5. The van der Waals surface area contributed by atoms with Gasteiger partial charge in [0.25, 0.3) is 0 Å². The first-order chi connectivity index (χ1) is 11.8. The first kappa shape index (κ1) is 16.7. The van der Waals surface area contributed by atoms with Gasteiger partial charge in [0.15, 0.2) is 0 Å². The molecule has 0 aliphatic carbocycles. The van der Waals surface area contributed by atoms with Crippen molar-refractivity contribution in [2.45, 2.75) is 0 Å². The third kappa shape index (κ3) is 5.64. The van der Waals surface area contributed by atoms with Gasteiger partial charge in [-0.25, -0.2) is 0 Å². The number of rotatable bonds is 6. The van der Waals surface area contributed by atoms with Crippen LogP contribution in [-0.2, 0) is 0 Å². The molecule has 0 atom stereocenters. The monoisotopic (exact) mass is 312 g/mol. The van der Waals surface area contributed by atoms with Crippen LogP contribution < -0.4 is 9.47 Å². The minimum absolute atomic E-state index is 0.730. The Hall–Kier alpha value is -3.62. The summed E-state index contributed by atoms with van der Waals surface area (Å²) in [5.74, 6) is 6.57. The summed E-state index contributed by atoms with van der Waals surface area (Å²) in [6, 6.07) is 14.6. The molecule has 2 aromatic carbocycles. The molecule has 2 rings (SSSR count). The molecule has 24 heavy (non-hydrogen) atoms. The lowest BCUT2D eigenvalue weighted by molar-refractivity contribution is 0.480. The number of ether oxygens (including phenoxy) is 2. The quantitative estimate of drug-likeness (QED) is 0.437. The molecule has 0 aliphatic rings. The molecule has 0 spiro atoms. The van der Waals surface area contributed by atoms with Crippen LogP contribution >= 0.6 is 0 Å². The van der Waals surface area contributed by atoms with Crippen molar-refractivity contribution >= 4 is 0 Å². The third-order valence-electron chi connectivity index (χ3n) is 2.94. The molecule has 0 saturated heterocycles. The Balaban J connectivity index is 1.73. The molecule has 0 bridgehead atoms. The van der Waals surface area contributed by atoms with Crippen molar-refractivity contribution in [3.05, 3.63) is 96.5 Å². The molecule has 116 valence electrons. The van der Waals surface area contributed by atoms with Gasteiger partial charge in [0.05, 0.1) is 12.5 Å². The molecule has 0 heterocycles. The maximum atomic E-state index is 5.43. The van der Waals surface area contributed by atoms with E-state index in [1.165, 1.54) is 0 Å². The molecule has 2 heteroatoms. The van der Waals surface area contributed by atoms with Crippen LogP contribution in [0.4, 0.5) is 0 Å². The van der Waals surface area contributed by atoms with E-state index in [-0.39, 0.29) is 0 Å². The van der Waals surface area contributed by atoms with Crippen molar-refractivity contribution in [3.8, 4) is 36.2 Å². The van der Waals surface area contributed by atoms with Gasteiger partial charge in [-0.05, 0) is 60.7 Å². The van der Waals surface area contributed by atoms with Crippen molar-refractivity contribution < 1.29 is 9.47 Å². The second kappa shape index (κ2) is 9.41. The summed E-state index contributed by atoms with van der Waals surface area (Å²) in [5.41, 5.74) is 1.65. The number of benzene rings is 2. The SMILES string of the molecule is C#Cc1ccc(O\C=C/C=C/C=C\Oc2ccc(C#C)cc2)cc1. The van der Waals surface area contributed by atoms with Crippen LogP contribution in [-0.4, -0.2) is 0 Å². The van der Waals surface area contributed by atoms with Gasteiger partial charge in [0.2, 0.25) is 0 Å². The molecule has 0 N–H and O–H groups in total. The van der Waals surface area contributed by atoms with Gasteiger partial charge in [0.1, 0.15) is 11.5 Å². The predicted octanol–water partition coefficient (Wildman–Crippen LogP) is 4.69. The molecule has 2 nitrogen and oxygen atoms in total. The molecule has 0 amide bonds. The summed E-state index contributed by atoms with van der Waals surface area (Å²) in [6.45, 7) is 0. The summed E-state index contributed by atoms with van der Waals surface area (Å²) in [6.07, 6.45) is 21.0. The summed E-state index contributed by atoms with van der Waals surface area (Å²) >= 11 is 0. The minimum atomic E-state index is 0.730. The van der Waals surface area contributed by atoms with Gasteiger partial charge < -0.3 is 9.47 Å². The van der Waals surface area contributed by atoms with E-state index >= 15 is 0 Å². The molecule has 0 radical (unpaired) electrons. The normalized spacial score (nSPS) is 10.8. The van der Waals surface area contributed by atoms with E-state index in [0.717, 1.165) is 22.6 Å². The van der Waals surface area contributed by atoms with Crippen LogP contribution in [0.15, 0.2) is 85.4 Å². The van der Waals surface area contributed by atoms with Gasteiger partial charge >= 0.3 is 0 Å². The maximum Gasteiger partial charge on any atom is 0.126 e. The number of terminal acetylenes is 2. The van der Waals surface area contributed by atoms with E-state index in [0.29, 0.717) is 0 Å². The van der Waals surface area contributed by atoms with E-state index in [1.807, 2.05) is 60.7 Å².